The lowest BCUT2D eigenvalue weighted by atomic mass is 9.94. The van der Waals surface area contributed by atoms with Crippen molar-refractivity contribution < 1.29 is 9.53 Å². The Morgan fingerprint density at radius 1 is 1.00 bits per heavy atom. The Morgan fingerprint density at radius 2 is 1.68 bits per heavy atom. The van der Waals surface area contributed by atoms with Gasteiger partial charge in [0.05, 0.1) is 0 Å². The molecule has 3 nitrogen and oxygen atoms in total. The largest absolute Gasteiger partial charge is 0.478 e. The minimum Gasteiger partial charge on any atom is -0.478 e. The zero-order valence-electron chi connectivity index (χ0n) is 10.0. The van der Waals surface area contributed by atoms with Gasteiger partial charge in [0.1, 0.15) is 11.8 Å². The van der Waals surface area contributed by atoms with Crippen molar-refractivity contribution in [1.82, 2.24) is 5.32 Å². The minimum atomic E-state index is -0.471. The normalized spacial score (nSPS) is 21.4. The van der Waals surface area contributed by atoms with Crippen molar-refractivity contribution in [3.63, 3.8) is 0 Å². The summed E-state index contributed by atoms with van der Waals surface area (Å²) in [5.41, 5.74) is 1.03. The van der Waals surface area contributed by atoms with Gasteiger partial charge in [0.25, 0.3) is 5.91 Å². The number of β-lactam (4-membered cyclic amide) rings is 1. The Morgan fingerprint density at radius 3 is 2.37 bits per heavy atom. The van der Waals surface area contributed by atoms with Crippen LogP contribution in [0.25, 0.3) is 0 Å². The SMILES string of the molecule is O=C1N[C@@H](c2ccccc2Br)[C@H]1Oc1ccccc1. The summed E-state index contributed by atoms with van der Waals surface area (Å²) in [6.07, 6.45) is -0.471. The zero-order chi connectivity index (χ0) is 13.2. The van der Waals surface area contributed by atoms with Gasteiger partial charge in [-0.05, 0) is 23.8 Å². The fourth-order valence-corrected chi connectivity index (χ4v) is 2.63. The molecule has 19 heavy (non-hydrogen) atoms. The van der Waals surface area contributed by atoms with E-state index in [0.29, 0.717) is 5.75 Å². The second-order valence-electron chi connectivity index (χ2n) is 4.36. The van der Waals surface area contributed by atoms with E-state index in [1.807, 2.05) is 54.6 Å². The van der Waals surface area contributed by atoms with Crippen LogP contribution in [-0.4, -0.2) is 12.0 Å². The van der Waals surface area contributed by atoms with Crippen LogP contribution in [0.2, 0.25) is 0 Å². The van der Waals surface area contributed by atoms with E-state index in [1.54, 1.807) is 0 Å². The molecule has 1 amide bonds. The van der Waals surface area contributed by atoms with Gasteiger partial charge in [0.15, 0.2) is 0 Å². The Balaban J connectivity index is 1.81. The molecule has 2 aromatic rings. The van der Waals surface area contributed by atoms with Crippen molar-refractivity contribution in [3.05, 3.63) is 64.6 Å². The maximum Gasteiger partial charge on any atom is 0.264 e. The first-order valence-corrected chi connectivity index (χ1v) is 6.81. The van der Waals surface area contributed by atoms with E-state index in [0.717, 1.165) is 10.0 Å². The predicted molar refractivity (Wildman–Crippen MR) is 75.9 cm³/mol. The molecule has 3 rings (SSSR count). The van der Waals surface area contributed by atoms with Gasteiger partial charge in [-0.2, -0.15) is 0 Å². The van der Waals surface area contributed by atoms with E-state index >= 15 is 0 Å². The standard InChI is InChI=1S/C15H12BrNO2/c16-12-9-5-4-8-11(12)13-14(15(18)17-13)19-10-6-2-1-3-7-10/h1-9,13-14H,(H,17,18)/t13-,14+/m0/s1. The summed E-state index contributed by atoms with van der Waals surface area (Å²) in [5.74, 6) is 0.629. The quantitative estimate of drug-likeness (QED) is 0.883. The van der Waals surface area contributed by atoms with Crippen LogP contribution in [0.1, 0.15) is 11.6 Å². The van der Waals surface area contributed by atoms with Crippen LogP contribution in [0.5, 0.6) is 5.75 Å². The van der Waals surface area contributed by atoms with Crippen LogP contribution < -0.4 is 10.1 Å². The molecular formula is C15H12BrNO2. The van der Waals surface area contributed by atoms with Crippen molar-refractivity contribution in [2.45, 2.75) is 12.1 Å². The maximum atomic E-state index is 11.7. The number of carbonyl (C=O) groups is 1. The molecule has 1 N–H and O–H groups in total. The summed E-state index contributed by atoms with van der Waals surface area (Å²) in [7, 11) is 0. The van der Waals surface area contributed by atoms with Gasteiger partial charge in [0.2, 0.25) is 6.10 Å². The van der Waals surface area contributed by atoms with E-state index in [-0.39, 0.29) is 11.9 Å². The Kier molecular flexibility index (Phi) is 3.25. The monoisotopic (exact) mass is 317 g/mol. The number of benzene rings is 2. The average Bonchev–Trinajstić information content (AvgIpc) is 2.44. The Labute approximate surface area is 119 Å². The van der Waals surface area contributed by atoms with Crippen LogP contribution >= 0.6 is 15.9 Å². The van der Waals surface area contributed by atoms with Crippen LogP contribution in [0.4, 0.5) is 0 Å². The fourth-order valence-electron chi connectivity index (χ4n) is 2.10. The number of hydrogen-bond acceptors (Lipinski definition) is 2. The average molecular weight is 318 g/mol. The second kappa shape index (κ2) is 5.05. The van der Waals surface area contributed by atoms with E-state index in [2.05, 4.69) is 21.2 Å². The number of para-hydroxylation sites is 1. The van der Waals surface area contributed by atoms with Gasteiger partial charge in [-0.25, -0.2) is 0 Å². The smallest absolute Gasteiger partial charge is 0.264 e. The van der Waals surface area contributed by atoms with Crippen LogP contribution in [0, 0.1) is 0 Å². The van der Waals surface area contributed by atoms with Gasteiger partial charge >= 0.3 is 0 Å². The molecule has 1 saturated heterocycles. The first-order chi connectivity index (χ1) is 9.25. The topological polar surface area (TPSA) is 38.3 Å². The highest BCUT2D eigenvalue weighted by atomic mass is 79.9. The number of nitrogens with one attached hydrogen (secondary N) is 1. The van der Waals surface area contributed by atoms with Crippen LogP contribution in [0.3, 0.4) is 0 Å². The highest BCUT2D eigenvalue weighted by molar-refractivity contribution is 9.10. The summed E-state index contributed by atoms with van der Waals surface area (Å²) in [6.45, 7) is 0. The molecule has 0 aromatic heterocycles. The van der Waals surface area contributed by atoms with E-state index in [4.69, 9.17) is 4.74 Å². The summed E-state index contributed by atoms with van der Waals surface area (Å²) < 4.78 is 6.73. The molecule has 0 aliphatic carbocycles. The van der Waals surface area contributed by atoms with E-state index in [9.17, 15) is 4.79 Å². The third-order valence-corrected chi connectivity index (χ3v) is 3.83. The van der Waals surface area contributed by atoms with Crippen molar-refractivity contribution in [3.8, 4) is 5.75 Å². The molecule has 1 heterocycles. The molecule has 2 aromatic carbocycles. The lowest BCUT2D eigenvalue weighted by Gasteiger charge is -2.37. The molecule has 96 valence electrons. The number of halogens is 1. The third-order valence-electron chi connectivity index (χ3n) is 3.11. The van der Waals surface area contributed by atoms with Crippen LogP contribution in [-0.2, 0) is 4.79 Å². The van der Waals surface area contributed by atoms with Crippen molar-refractivity contribution in [1.29, 1.82) is 0 Å². The molecule has 1 aliphatic heterocycles. The Hall–Kier alpha value is -1.81. The molecule has 0 radical (unpaired) electrons. The number of amides is 1. The van der Waals surface area contributed by atoms with Gasteiger partial charge < -0.3 is 10.1 Å². The minimum absolute atomic E-state index is 0.0791. The molecule has 0 unspecified atom stereocenters. The Bertz CT molecular complexity index is 600. The number of carbonyl (C=O) groups excluding carboxylic acids is 1. The molecule has 1 aliphatic rings. The molecule has 2 atom stereocenters. The van der Waals surface area contributed by atoms with Crippen molar-refractivity contribution in [2.24, 2.45) is 0 Å². The van der Waals surface area contributed by atoms with Crippen molar-refractivity contribution >= 4 is 21.8 Å². The van der Waals surface area contributed by atoms with Crippen molar-refractivity contribution in [2.75, 3.05) is 0 Å². The highest BCUT2D eigenvalue weighted by Crippen LogP contribution is 2.32. The van der Waals surface area contributed by atoms with Gasteiger partial charge in [-0.3, -0.25) is 4.79 Å². The molecule has 4 heteroatoms. The number of rotatable bonds is 3. The predicted octanol–water partition coefficient (Wildman–Crippen LogP) is 3.07. The van der Waals surface area contributed by atoms with E-state index < -0.39 is 6.10 Å². The third kappa shape index (κ3) is 2.36. The first-order valence-electron chi connectivity index (χ1n) is 6.02. The zero-order valence-corrected chi connectivity index (χ0v) is 11.6. The fraction of sp³-hybridized carbons (Fsp3) is 0.133. The maximum absolute atomic E-state index is 11.7. The number of ether oxygens (including phenoxy) is 1. The molecule has 0 saturated carbocycles. The van der Waals surface area contributed by atoms with Gasteiger partial charge in [-0.1, -0.05) is 52.3 Å². The lowest BCUT2D eigenvalue weighted by molar-refractivity contribution is -0.140. The summed E-state index contributed by atoms with van der Waals surface area (Å²) in [4.78, 5) is 11.7. The number of hydrogen-bond donors (Lipinski definition) is 1. The lowest BCUT2D eigenvalue weighted by Crippen LogP contribution is -2.58. The molecule has 0 spiro atoms. The molecule has 1 fully saturated rings. The molecular weight excluding hydrogens is 306 g/mol. The summed E-state index contributed by atoms with van der Waals surface area (Å²) in [5, 5.41) is 2.88. The first kappa shape index (κ1) is 12.2. The second-order valence-corrected chi connectivity index (χ2v) is 5.21. The van der Waals surface area contributed by atoms with Gasteiger partial charge in [-0.15, -0.1) is 0 Å². The van der Waals surface area contributed by atoms with Crippen LogP contribution in [0.15, 0.2) is 59.1 Å². The summed E-state index contributed by atoms with van der Waals surface area (Å²) >= 11 is 3.50. The van der Waals surface area contributed by atoms with E-state index in [1.165, 1.54) is 0 Å². The highest BCUT2D eigenvalue weighted by Gasteiger charge is 2.43. The molecule has 0 bridgehead atoms. The van der Waals surface area contributed by atoms with Gasteiger partial charge in [0, 0.05) is 4.47 Å². The summed E-state index contributed by atoms with van der Waals surface area (Å²) in [6, 6.07) is 17.1.